The van der Waals surface area contributed by atoms with Gasteiger partial charge >= 0.3 is 0 Å². The van der Waals surface area contributed by atoms with E-state index in [0.29, 0.717) is 18.5 Å². The van der Waals surface area contributed by atoms with Crippen LogP contribution in [0.3, 0.4) is 0 Å². The van der Waals surface area contributed by atoms with Crippen LogP contribution in [-0.2, 0) is 9.59 Å². The van der Waals surface area contributed by atoms with Crippen molar-refractivity contribution in [1.29, 1.82) is 0 Å². The fourth-order valence-corrected chi connectivity index (χ4v) is 2.40. The maximum absolute atomic E-state index is 12.5. The molecule has 0 aliphatic rings. The third kappa shape index (κ3) is 5.16. The highest BCUT2D eigenvalue weighted by atomic mass is 16.5. The van der Waals surface area contributed by atoms with Gasteiger partial charge in [0.25, 0.3) is 0 Å². The van der Waals surface area contributed by atoms with Crippen LogP contribution in [0.15, 0.2) is 40.9 Å². The zero-order valence-electron chi connectivity index (χ0n) is 15.2. The predicted molar refractivity (Wildman–Crippen MR) is 98.3 cm³/mol. The molecule has 1 aromatic carbocycles. The van der Waals surface area contributed by atoms with Gasteiger partial charge < -0.3 is 14.9 Å². The summed E-state index contributed by atoms with van der Waals surface area (Å²) in [7, 11) is 0. The Morgan fingerprint density at radius 2 is 1.88 bits per heavy atom. The summed E-state index contributed by atoms with van der Waals surface area (Å²) in [6, 6.07) is 10.3. The third-order valence-corrected chi connectivity index (χ3v) is 3.94. The Morgan fingerprint density at radius 1 is 1.19 bits per heavy atom. The van der Waals surface area contributed by atoms with Crippen molar-refractivity contribution in [3.8, 4) is 11.3 Å². The van der Waals surface area contributed by atoms with E-state index in [1.54, 1.807) is 19.9 Å². The molecule has 0 bridgehead atoms. The molecule has 7 heteroatoms. The first kappa shape index (κ1) is 19.7. The van der Waals surface area contributed by atoms with Crippen molar-refractivity contribution in [2.75, 3.05) is 5.32 Å². The number of rotatable bonds is 8. The standard InChI is InChI=1S/C19H25N3O4/c1-4-8-14(20-19(25)17(23)12(2)3)18(24)21-16-11-15(22-26-16)13-9-6-5-7-10-13/h5-7,9-12,14,17,23H,4,8H2,1-3H3,(H,20,25)(H,21,24). The van der Waals surface area contributed by atoms with Crippen molar-refractivity contribution < 1.29 is 19.2 Å². The molecule has 0 spiro atoms. The first-order valence-corrected chi connectivity index (χ1v) is 8.73. The maximum Gasteiger partial charge on any atom is 0.249 e. The van der Waals surface area contributed by atoms with Crippen molar-refractivity contribution in [3.63, 3.8) is 0 Å². The van der Waals surface area contributed by atoms with E-state index in [0.717, 1.165) is 5.56 Å². The highest BCUT2D eigenvalue weighted by molar-refractivity contribution is 5.97. The fourth-order valence-electron chi connectivity index (χ4n) is 2.40. The smallest absolute Gasteiger partial charge is 0.249 e. The molecule has 0 saturated carbocycles. The molecule has 0 fully saturated rings. The van der Waals surface area contributed by atoms with Gasteiger partial charge in [-0.15, -0.1) is 0 Å². The number of amides is 2. The van der Waals surface area contributed by atoms with Crippen LogP contribution in [0.5, 0.6) is 0 Å². The minimum absolute atomic E-state index is 0.202. The topological polar surface area (TPSA) is 104 Å². The van der Waals surface area contributed by atoms with Gasteiger partial charge in [-0.25, -0.2) is 0 Å². The van der Waals surface area contributed by atoms with E-state index in [2.05, 4.69) is 15.8 Å². The van der Waals surface area contributed by atoms with Crippen molar-refractivity contribution in [2.45, 2.75) is 45.8 Å². The Labute approximate surface area is 152 Å². The lowest BCUT2D eigenvalue weighted by molar-refractivity contribution is -0.134. The van der Waals surface area contributed by atoms with E-state index in [1.165, 1.54) is 0 Å². The number of aliphatic hydroxyl groups excluding tert-OH is 1. The first-order valence-electron chi connectivity index (χ1n) is 8.73. The summed E-state index contributed by atoms with van der Waals surface area (Å²) < 4.78 is 5.16. The zero-order valence-corrected chi connectivity index (χ0v) is 15.2. The van der Waals surface area contributed by atoms with Crippen LogP contribution in [-0.4, -0.2) is 34.2 Å². The number of carbonyl (C=O) groups is 2. The monoisotopic (exact) mass is 359 g/mol. The first-order chi connectivity index (χ1) is 12.4. The Hall–Kier alpha value is -2.67. The second-order valence-corrected chi connectivity index (χ2v) is 6.47. The molecular weight excluding hydrogens is 334 g/mol. The second kappa shape index (κ2) is 9.15. The minimum Gasteiger partial charge on any atom is -0.383 e. The molecule has 2 unspecified atom stereocenters. The normalized spacial score (nSPS) is 13.3. The SMILES string of the molecule is CCCC(NC(=O)C(O)C(C)C)C(=O)Nc1cc(-c2ccccc2)no1. The quantitative estimate of drug-likeness (QED) is 0.672. The predicted octanol–water partition coefficient (Wildman–Crippen LogP) is 2.58. The van der Waals surface area contributed by atoms with Gasteiger partial charge in [0.2, 0.25) is 17.7 Å². The Morgan fingerprint density at radius 3 is 2.50 bits per heavy atom. The largest absolute Gasteiger partial charge is 0.383 e. The summed E-state index contributed by atoms with van der Waals surface area (Å²) in [5, 5.41) is 19.0. The average Bonchev–Trinajstić information content (AvgIpc) is 3.09. The minimum atomic E-state index is -1.16. The number of nitrogens with one attached hydrogen (secondary N) is 2. The van der Waals surface area contributed by atoms with Crippen molar-refractivity contribution in [1.82, 2.24) is 10.5 Å². The number of anilines is 1. The summed E-state index contributed by atoms with van der Waals surface area (Å²) in [6.07, 6.45) is -0.0127. The number of nitrogens with zero attached hydrogens (tertiary/aromatic N) is 1. The molecule has 0 aliphatic heterocycles. The number of carbonyl (C=O) groups excluding carboxylic acids is 2. The van der Waals surface area contributed by atoms with Crippen LogP contribution in [0.1, 0.15) is 33.6 Å². The third-order valence-electron chi connectivity index (χ3n) is 3.94. The van der Waals surface area contributed by atoms with Crippen LogP contribution >= 0.6 is 0 Å². The van der Waals surface area contributed by atoms with Gasteiger partial charge in [0.05, 0.1) is 0 Å². The van der Waals surface area contributed by atoms with Crippen molar-refractivity contribution in [2.24, 2.45) is 5.92 Å². The zero-order chi connectivity index (χ0) is 19.1. The molecular formula is C19H25N3O4. The highest BCUT2D eigenvalue weighted by Gasteiger charge is 2.26. The average molecular weight is 359 g/mol. The molecule has 1 aromatic heterocycles. The molecule has 2 rings (SSSR count). The fraction of sp³-hybridized carbons (Fsp3) is 0.421. The molecule has 0 aliphatic carbocycles. The van der Waals surface area contributed by atoms with Gasteiger partial charge in [0.15, 0.2) is 0 Å². The number of hydrogen-bond acceptors (Lipinski definition) is 5. The van der Waals surface area contributed by atoms with Crippen LogP contribution in [0, 0.1) is 5.92 Å². The van der Waals surface area contributed by atoms with Gasteiger partial charge in [0, 0.05) is 11.6 Å². The molecule has 3 N–H and O–H groups in total. The summed E-state index contributed by atoms with van der Waals surface area (Å²) in [5.74, 6) is -1.00. The highest BCUT2D eigenvalue weighted by Crippen LogP contribution is 2.21. The van der Waals surface area contributed by atoms with E-state index in [4.69, 9.17) is 4.52 Å². The van der Waals surface area contributed by atoms with E-state index in [9.17, 15) is 14.7 Å². The number of aromatic nitrogens is 1. The van der Waals surface area contributed by atoms with E-state index < -0.39 is 24.0 Å². The second-order valence-electron chi connectivity index (χ2n) is 6.47. The molecule has 0 radical (unpaired) electrons. The lowest BCUT2D eigenvalue weighted by atomic mass is 10.1. The molecule has 140 valence electrons. The molecule has 0 saturated heterocycles. The van der Waals surface area contributed by atoms with Gasteiger partial charge in [-0.05, 0) is 12.3 Å². The Kier molecular flexibility index (Phi) is 6.91. The molecule has 7 nitrogen and oxygen atoms in total. The summed E-state index contributed by atoms with van der Waals surface area (Å²) in [6.45, 7) is 5.38. The summed E-state index contributed by atoms with van der Waals surface area (Å²) in [4.78, 5) is 24.5. The molecule has 1 heterocycles. The van der Waals surface area contributed by atoms with Crippen LogP contribution in [0.4, 0.5) is 5.88 Å². The summed E-state index contributed by atoms with van der Waals surface area (Å²) >= 11 is 0. The molecule has 2 aromatic rings. The van der Waals surface area contributed by atoms with E-state index >= 15 is 0 Å². The van der Waals surface area contributed by atoms with Crippen LogP contribution in [0.2, 0.25) is 0 Å². The molecule has 2 amide bonds. The van der Waals surface area contributed by atoms with Gasteiger partial charge in [0.1, 0.15) is 17.8 Å². The van der Waals surface area contributed by atoms with Gasteiger partial charge in [-0.2, -0.15) is 0 Å². The van der Waals surface area contributed by atoms with E-state index in [1.807, 2.05) is 37.3 Å². The van der Waals surface area contributed by atoms with Crippen LogP contribution in [0.25, 0.3) is 11.3 Å². The Balaban J connectivity index is 2.03. The number of aliphatic hydroxyl groups is 1. The van der Waals surface area contributed by atoms with Crippen molar-refractivity contribution in [3.05, 3.63) is 36.4 Å². The summed E-state index contributed by atoms with van der Waals surface area (Å²) in [5.41, 5.74) is 1.47. The van der Waals surface area contributed by atoms with Gasteiger partial charge in [-0.3, -0.25) is 14.9 Å². The Bertz CT molecular complexity index is 727. The molecule has 2 atom stereocenters. The maximum atomic E-state index is 12.5. The van der Waals surface area contributed by atoms with E-state index in [-0.39, 0.29) is 11.8 Å². The van der Waals surface area contributed by atoms with Gasteiger partial charge in [-0.1, -0.05) is 62.7 Å². The lowest BCUT2D eigenvalue weighted by Crippen LogP contribution is -2.48. The molecule has 26 heavy (non-hydrogen) atoms. The van der Waals surface area contributed by atoms with Crippen LogP contribution < -0.4 is 10.6 Å². The van der Waals surface area contributed by atoms with Crippen molar-refractivity contribution >= 4 is 17.7 Å². The lowest BCUT2D eigenvalue weighted by Gasteiger charge is -2.20. The number of benzene rings is 1. The number of hydrogen-bond donors (Lipinski definition) is 3.